The number of aryl methyl sites for hydroxylation is 1. The van der Waals surface area contributed by atoms with Crippen molar-refractivity contribution in [2.45, 2.75) is 58.1 Å². The predicted molar refractivity (Wildman–Crippen MR) is 67.1 cm³/mol. The maximum atomic E-state index is 5.99. The van der Waals surface area contributed by atoms with Gasteiger partial charge in [-0.05, 0) is 26.2 Å². The fourth-order valence-corrected chi connectivity index (χ4v) is 2.14. The molecule has 1 fully saturated rings. The van der Waals surface area contributed by atoms with E-state index in [4.69, 9.17) is 10.5 Å². The summed E-state index contributed by atoms with van der Waals surface area (Å²) >= 11 is 0. The molecule has 2 rings (SSSR count). The van der Waals surface area contributed by atoms with E-state index in [1.165, 1.54) is 0 Å². The number of ether oxygens (including phenoxy) is 1. The maximum absolute atomic E-state index is 5.99. The number of nitrogens with zero attached hydrogens (tertiary/aromatic N) is 2. The van der Waals surface area contributed by atoms with Gasteiger partial charge in [0.25, 0.3) is 0 Å². The molecule has 1 aromatic rings. The van der Waals surface area contributed by atoms with Gasteiger partial charge in [-0.1, -0.05) is 13.8 Å². The summed E-state index contributed by atoms with van der Waals surface area (Å²) < 4.78 is 5.88. The highest BCUT2D eigenvalue weighted by Gasteiger charge is 2.26. The van der Waals surface area contributed by atoms with Crippen LogP contribution in [0.15, 0.2) is 6.07 Å². The van der Waals surface area contributed by atoms with Crippen molar-refractivity contribution in [1.82, 2.24) is 9.97 Å². The van der Waals surface area contributed by atoms with Gasteiger partial charge in [-0.25, -0.2) is 4.98 Å². The van der Waals surface area contributed by atoms with Crippen LogP contribution in [0.25, 0.3) is 0 Å². The third-order valence-electron chi connectivity index (χ3n) is 3.14. The Hall–Kier alpha value is -1.16. The Labute approximate surface area is 103 Å². The van der Waals surface area contributed by atoms with E-state index in [-0.39, 0.29) is 12.1 Å². The van der Waals surface area contributed by atoms with Gasteiger partial charge in [0.15, 0.2) is 0 Å². The van der Waals surface area contributed by atoms with Crippen molar-refractivity contribution in [3.63, 3.8) is 0 Å². The van der Waals surface area contributed by atoms with E-state index in [9.17, 15) is 0 Å². The van der Waals surface area contributed by atoms with Gasteiger partial charge in [0.2, 0.25) is 5.88 Å². The summed E-state index contributed by atoms with van der Waals surface area (Å²) in [5, 5.41) is 0. The van der Waals surface area contributed by atoms with Gasteiger partial charge in [-0.3, -0.25) is 0 Å². The lowest BCUT2D eigenvalue weighted by molar-refractivity contribution is 0.182. The second kappa shape index (κ2) is 5.00. The van der Waals surface area contributed by atoms with E-state index in [1.54, 1.807) is 0 Å². The lowest BCUT2D eigenvalue weighted by atomic mass is 10.2. The summed E-state index contributed by atoms with van der Waals surface area (Å²) in [6.45, 7) is 6.13. The van der Waals surface area contributed by atoms with Crippen molar-refractivity contribution in [3.8, 4) is 5.88 Å². The molecule has 0 bridgehead atoms. The Morgan fingerprint density at radius 3 is 2.71 bits per heavy atom. The molecule has 4 nitrogen and oxygen atoms in total. The largest absolute Gasteiger partial charge is 0.473 e. The molecule has 1 aliphatic rings. The molecule has 0 saturated heterocycles. The minimum absolute atomic E-state index is 0.115. The first kappa shape index (κ1) is 12.3. The number of hydrogen-bond acceptors (Lipinski definition) is 4. The molecule has 17 heavy (non-hydrogen) atoms. The van der Waals surface area contributed by atoms with Crippen molar-refractivity contribution in [3.05, 3.63) is 17.6 Å². The van der Waals surface area contributed by atoms with Gasteiger partial charge in [-0.2, -0.15) is 4.98 Å². The molecule has 0 aromatic carbocycles. The monoisotopic (exact) mass is 235 g/mol. The zero-order valence-corrected chi connectivity index (χ0v) is 10.8. The molecule has 4 heteroatoms. The smallest absolute Gasteiger partial charge is 0.217 e. The lowest BCUT2D eigenvalue weighted by Gasteiger charge is -2.18. The highest BCUT2D eigenvalue weighted by atomic mass is 16.5. The fraction of sp³-hybridized carbons (Fsp3) is 0.692. The summed E-state index contributed by atoms with van der Waals surface area (Å²) in [6.07, 6.45) is 3.34. The number of hydrogen-bond donors (Lipinski definition) is 1. The second-order valence-corrected chi connectivity index (χ2v) is 5.11. The summed E-state index contributed by atoms with van der Waals surface area (Å²) in [5.74, 6) is 1.82. The molecule has 0 radical (unpaired) electrons. The summed E-state index contributed by atoms with van der Waals surface area (Å²) in [7, 11) is 0. The quantitative estimate of drug-likeness (QED) is 0.872. The van der Waals surface area contributed by atoms with Crippen LogP contribution in [0.2, 0.25) is 0 Å². The zero-order valence-electron chi connectivity index (χ0n) is 10.8. The van der Waals surface area contributed by atoms with Gasteiger partial charge in [0.1, 0.15) is 11.9 Å². The molecular formula is C13H21N3O. The first-order valence-electron chi connectivity index (χ1n) is 6.34. The predicted octanol–water partition coefficient (Wildman–Crippen LogP) is 2.17. The Bertz CT molecular complexity index is 392. The van der Waals surface area contributed by atoms with Gasteiger partial charge in [0.05, 0.1) is 0 Å². The van der Waals surface area contributed by atoms with E-state index in [1.807, 2.05) is 13.0 Å². The Kier molecular flexibility index (Phi) is 3.62. The van der Waals surface area contributed by atoms with E-state index in [0.29, 0.717) is 11.8 Å². The number of aromatic nitrogens is 2. The van der Waals surface area contributed by atoms with Gasteiger partial charge < -0.3 is 10.5 Å². The standard InChI is InChI=1S/C13H21N3O/c1-8(2)13-15-9(3)7-12(16-13)17-11-6-4-5-10(11)14/h7-8,10-11H,4-6,14H2,1-3H3. The molecule has 0 spiro atoms. The van der Waals surface area contributed by atoms with Gasteiger partial charge in [-0.15, -0.1) is 0 Å². The Morgan fingerprint density at radius 2 is 2.12 bits per heavy atom. The molecule has 2 N–H and O–H groups in total. The molecule has 0 amide bonds. The van der Waals surface area contributed by atoms with Crippen molar-refractivity contribution < 1.29 is 4.74 Å². The lowest BCUT2D eigenvalue weighted by Crippen LogP contribution is -2.33. The third-order valence-corrected chi connectivity index (χ3v) is 3.14. The van der Waals surface area contributed by atoms with Gasteiger partial charge >= 0.3 is 0 Å². The number of nitrogens with two attached hydrogens (primary N) is 1. The average Bonchev–Trinajstić information content (AvgIpc) is 2.63. The van der Waals surface area contributed by atoms with E-state index in [0.717, 1.165) is 30.8 Å². The van der Waals surface area contributed by atoms with E-state index >= 15 is 0 Å². The van der Waals surface area contributed by atoms with Crippen LogP contribution in [-0.2, 0) is 0 Å². The minimum Gasteiger partial charge on any atom is -0.473 e. The molecule has 1 saturated carbocycles. The van der Waals surface area contributed by atoms with Crippen LogP contribution in [0.1, 0.15) is 50.5 Å². The van der Waals surface area contributed by atoms with Crippen LogP contribution in [-0.4, -0.2) is 22.1 Å². The van der Waals surface area contributed by atoms with Crippen molar-refractivity contribution in [1.29, 1.82) is 0 Å². The Morgan fingerprint density at radius 1 is 1.35 bits per heavy atom. The summed E-state index contributed by atoms with van der Waals surface area (Å²) in [5.41, 5.74) is 6.94. The molecule has 1 aliphatic carbocycles. The van der Waals surface area contributed by atoms with Crippen LogP contribution in [0.4, 0.5) is 0 Å². The molecule has 2 atom stereocenters. The van der Waals surface area contributed by atoms with Crippen LogP contribution in [0, 0.1) is 6.92 Å². The minimum atomic E-state index is 0.115. The van der Waals surface area contributed by atoms with Crippen LogP contribution in [0.3, 0.4) is 0 Å². The highest BCUT2D eigenvalue weighted by molar-refractivity contribution is 5.17. The fourth-order valence-electron chi connectivity index (χ4n) is 2.14. The number of rotatable bonds is 3. The average molecular weight is 235 g/mol. The van der Waals surface area contributed by atoms with Crippen molar-refractivity contribution in [2.75, 3.05) is 0 Å². The van der Waals surface area contributed by atoms with Crippen LogP contribution >= 0.6 is 0 Å². The second-order valence-electron chi connectivity index (χ2n) is 5.11. The van der Waals surface area contributed by atoms with E-state index < -0.39 is 0 Å². The van der Waals surface area contributed by atoms with Crippen LogP contribution in [0.5, 0.6) is 5.88 Å². The van der Waals surface area contributed by atoms with Crippen LogP contribution < -0.4 is 10.5 Å². The molecule has 94 valence electrons. The SMILES string of the molecule is Cc1cc(OC2CCCC2N)nc(C(C)C)n1. The third kappa shape index (κ3) is 2.94. The first-order chi connectivity index (χ1) is 8.06. The van der Waals surface area contributed by atoms with Gasteiger partial charge in [0, 0.05) is 23.7 Å². The molecule has 1 heterocycles. The highest BCUT2D eigenvalue weighted by Crippen LogP contribution is 2.23. The maximum Gasteiger partial charge on any atom is 0.217 e. The topological polar surface area (TPSA) is 61.0 Å². The zero-order chi connectivity index (χ0) is 12.4. The van der Waals surface area contributed by atoms with E-state index in [2.05, 4.69) is 23.8 Å². The molecule has 2 unspecified atom stereocenters. The van der Waals surface area contributed by atoms with Crippen molar-refractivity contribution in [2.24, 2.45) is 5.73 Å². The normalized spacial score (nSPS) is 24.3. The molecule has 1 aromatic heterocycles. The first-order valence-corrected chi connectivity index (χ1v) is 6.34. The summed E-state index contributed by atoms with van der Waals surface area (Å²) in [4.78, 5) is 8.85. The Balaban J connectivity index is 2.15. The summed E-state index contributed by atoms with van der Waals surface area (Å²) in [6, 6.07) is 2.03. The molecular weight excluding hydrogens is 214 g/mol. The molecule has 0 aliphatic heterocycles. The van der Waals surface area contributed by atoms with Crippen molar-refractivity contribution >= 4 is 0 Å².